The number of phosphoric acid groups is 1. The van der Waals surface area contributed by atoms with E-state index in [0.717, 1.165) is 16.1 Å². The fraction of sp³-hybridized carbons (Fsp3) is 0.417. The highest BCUT2D eigenvalue weighted by Gasteiger charge is 2.19. The fourth-order valence-corrected chi connectivity index (χ4v) is 3.09. The average Bonchev–Trinajstić information content (AvgIpc) is 2.78. The van der Waals surface area contributed by atoms with Gasteiger partial charge in [-0.15, -0.1) is 4.67 Å². The van der Waals surface area contributed by atoms with Crippen molar-refractivity contribution in [3.05, 3.63) is 33.7 Å². The summed E-state index contributed by atoms with van der Waals surface area (Å²) in [4.78, 5) is 30.9. The highest BCUT2D eigenvalue weighted by atomic mass is 35.5. The maximum Gasteiger partial charge on any atom is 0.496 e. The van der Waals surface area contributed by atoms with Gasteiger partial charge in [0.25, 0.3) is 0 Å². The van der Waals surface area contributed by atoms with E-state index in [4.69, 9.17) is 15.5 Å². The van der Waals surface area contributed by atoms with Crippen molar-refractivity contribution >= 4 is 25.0 Å². The molecule has 12 heteroatoms. The van der Waals surface area contributed by atoms with Gasteiger partial charge in [-0.2, -0.15) is 4.57 Å². The monoisotopic (exact) mass is 396 g/mol. The lowest BCUT2D eigenvalue weighted by molar-refractivity contribution is -0.689. The van der Waals surface area contributed by atoms with Crippen LogP contribution < -0.4 is 22.7 Å². The Morgan fingerprint density at radius 2 is 2.12 bits per heavy atom. The number of thiazole rings is 1. The smallest absolute Gasteiger partial charge is 0.496 e. The van der Waals surface area contributed by atoms with Crippen LogP contribution >= 0.6 is 19.2 Å². The van der Waals surface area contributed by atoms with Gasteiger partial charge in [-0.05, 0) is 6.92 Å². The van der Waals surface area contributed by atoms with Crippen molar-refractivity contribution in [2.75, 3.05) is 12.3 Å². The van der Waals surface area contributed by atoms with E-state index in [9.17, 15) is 4.57 Å². The molecule has 0 radical (unpaired) electrons. The van der Waals surface area contributed by atoms with Gasteiger partial charge in [0.05, 0.1) is 17.0 Å². The largest absolute Gasteiger partial charge is 1.00 e. The molecular formula is C12H18ClN4O5PS. The average molecular weight is 397 g/mol. The van der Waals surface area contributed by atoms with E-state index < -0.39 is 7.82 Å². The van der Waals surface area contributed by atoms with Crippen LogP contribution in [-0.2, 0) is 27.1 Å². The van der Waals surface area contributed by atoms with Gasteiger partial charge < -0.3 is 27.9 Å². The zero-order chi connectivity index (χ0) is 17.0. The molecule has 2 heterocycles. The predicted molar refractivity (Wildman–Crippen MR) is 82.3 cm³/mol. The number of nitrogens with two attached hydrogens (primary N) is 1. The van der Waals surface area contributed by atoms with Gasteiger partial charge >= 0.3 is 7.82 Å². The van der Waals surface area contributed by atoms with Crippen LogP contribution in [-0.4, -0.2) is 26.4 Å². The summed E-state index contributed by atoms with van der Waals surface area (Å²) in [6, 6.07) is 0. The zero-order valence-corrected chi connectivity index (χ0v) is 15.5. The lowest BCUT2D eigenvalue weighted by atomic mass is 10.2. The van der Waals surface area contributed by atoms with Crippen molar-refractivity contribution in [3.8, 4) is 0 Å². The second-order valence-electron chi connectivity index (χ2n) is 4.82. The first-order valence-electron chi connectivity index (χ1n) is 6.67. The molecule has 0 atom stereocenters. The van der Waals surface area contributed by atoms with E-state index in [1.54, 1.807) is 13.1 Å². The molecule has 0 bridgehead atoms. The lowest BCUT2D eigenvalue weighted by Crippen LogP contribution is -3.00. The molecule has 0 unspecified atom stereocenters. The first-order valence-corrected chi connectivity index (χ1v) is 9.08. The van der Waals surface area contributed by atoms with E-state index >= 15 is 0 Å². The summed E-state index contributed by atoms with van der Waals surface area (Å²) in [5.74, 6) is 1.08. The summed E-state index contributed by atoms with van der Waals surface area (Å²) in [7, 11) is -4.60. The van der Waals surface area contributed by atoms with Gasteiger partial charge in [0, 0.05) is 19.5 Å². The summed E-state index contributed by atoms with van der Waals surface area (Å²) in [6.07, 6.45) is 2.18. The van der Waals surface area contributed by atoms with E-state index in [-0.39, 0.29) is 19.0 Å². The number of anilines is 1. The third-order valence-corrected chi connectivity index (χ3v) is 4.52. The second kappa shape index (κ2) is 8.82. The molecule has 0 amide bonds. The lowest BCUT2D eigenvalue weighted by Gasteiger charge is -2.03. The molecule has 134 valence electrons. The Kier molecular flexibility index (Phi) is 7.68. The van der Waals surface area contributed by atoms with Gasteiger partial charge in [-0.25, -0.2) is 19.4 Å². The fourth-order valence-electron chi connectivity index (χ4n) is 1.91. The van der Waals surface area contributed by atoms with Crippen LogP contribution in [0.2, 0.25) is 0 Å². The Bertz CT molecular complexity index is 738. The van der Waals surface area contributed by atoms with Crippen LogP contribution in [0.15, 0.2) is 11.7 Å². The third kappa shape index (κ3) is 6.06. The molecule has 0 fully saturated rings. The maximum atomic E-state index is 10.5. The van der Waals surface area contributed by atoms with Crippen molar-refractivity contribution in [2.24, 2.45) is 0 Å². The Balaban J connectivity index is 0.00000288. The second-order valence-corrected chi connectivity index (χ2v) is 6.89. The first-order chi connectivity index (χ1) is 10.8. The minimum Gasteiger partial charge on any atom is -1.00 e. The summed E-state index contributed by atoms with van der Waals surface area (Å²) in [6.45, 7) is 4.32. The maximum absolute atomic E-state index is 10.5. The van der Waals surface area contributed by atoms with Crippen LogP contribution in [0.4, 0.5) is 5.82 Å². The summed E-state index contributed by atoms with van der Waals surface area (Å²) >= 11 is 1.51. The highest BCUT2D eigenvalue weighted by Crippen LogP contribution is 2.35. The zero-order valence-electron chi connectivity index (χ0n) is 13.0. The molecule has 24 heavy (non-hydrogen) atoms. The molecule has 2 aromatic heterocycles. The quantitative estimate of drug-likeness (QED) is 0.156. The van der Waals surface area contributed by atoms with Gasteiger partial charge in [0.2, 0.25) is 5.51 Å². The van der Waals surface area contributed by atoms with Gasteiger partial charge in [0.1, 0.15) is 11.6 Å². The van der Waals surface area contributed by atoms with E-state index in [2.05, 4.69) is 19.5 Å². The van der Waals surface area contributed by atoms with Gasteiger partial charge in [0.15, 0.2) is 12.2 Å². The molecule has 0 saturated carbocycles. The number of hydrogen-bond acceptors (Lipinski definition) is 7. The standard InChI is InChI=1S/C12H17N4O5PS.ClH/c1-8-11(3-4-20-21-22(17,18)19)23-7-16(8)6-10-5-14-9(2)15-12(10)13;/h5,7H,3-4,6H2,1-2H3,(H3-,13,14,15,17,18,19);1H. The molecule has 2 aromatic rings. The molecule has 0 aliphatic heterocycles. The number of aryl methyl sites for hydroxylation is 1. The molecule has 2 rings (SSSR count). The normalized spacial score (nSPS) is 11.3. The van der Waals surface area contributed by atoms with Crippen molar-refractivity contribution < 1.29 is 40.9 Å². The number of halogens is 1. The summed E-state index contributed by atoms with van der Waals surface area (Å²) in [5.41, 5.74) is 9.67. The number of aromatic nitrogens is 3. The van der Waals surface area contributed by atoms with Crippen LogP contribution in [0.25, 0.3) is 0 Å². The summed E-state index contributed by atoms with van der Waals surface area (Å²) in [5, 5.41) is 0. The SMILES string of the molecule is Cc1ncc(C[n+]2csc(CCOOP(=O)(O)O)c2C)c(N)n1.[Cl-]. The molecule has 0 aliphatic rings. The van der Waals surface area contributed by atoms with Crippen molar-refractivity contribution in [3.63, 3.8) is 0 Å². The first kappa shape index (κ1) is 20.9. The minimum absolute atomic E-state index is 0. The number of nitrogens with zero attached hydrogens (tertiary/aromatic N) is 3. The summed E-state index contributed by atoms with van der Waals surface area (Å²) < 4.78 is 16.5. The van der Waals surface area contributed by atoms with Crippen LogP contribution in [0.5, 0.6) is 0 Å². The Morgan fingerprint density at radius 1 is 1.42 bits per heavy atom. The molecule has 4 N–H and O–H groups in total. The van der Waals surface area contributed by atoms with Crippen LogP contribution in [0.3, 0.4) is 0 Å². The van der Waals surface area contributed by atoms with Crippen molar-refractivity contribution in [1.82, 2.24) is 9.97 Å². The molecule has 0 spiro atoms. The molecule has 0 saturated heterocycles. The number of rotatable bonds is 7. The Hall–Kier alpha value is -1.13. The van der Waals surface area contributed by atoms with E-state index in [0.29, 0.717) is 24.6 Å². The molecule has 9 nitrogen and oxygen atoms in total. The molecule has 0 aromatic carbocycles. The van der Waals surface area contributed by atoms with Gasteiger partial charge in [-0.1, -0.05) is 11.3 Å². The molecule has 0 aliphatic carbocycles. The topological polar surface area (TPSA) is 132 Å². The Morgan fingerprint density at radius 3 is 2.75 bits per heavy atom. The van der Waals surface area contributed by atoms with E-state index in [1.165, 1.54) is 11.3 Å². The van der Waals surface area contributed by atoms with Crippen LogP contribution in [0, 0.1) is 13.8 Å². The Labute approximate surface area is 149 Å². The minimum atomic E-state index is -4.60. The van der Waals surface area contributed by atoms with Gasteiger partial charge in [-0.3, -0.25) is 0 Å². The van der Waals surface area contributed by atoms with Crippen molar-refractivity contribution in [1.29, 1.82) is 0 Å². The molecular weight excluding hydrogens is 379 g/mol. The predicted octanol–water partition coefficient (Wildman–Crippen LogP) is -2.34. The third-order valence-electron chi connectivity index (χ3n) is 3.08. The number of nitrogen functional groups attached to an aromatic ring is 1. The van der Waals surface area contributed by atoms with Crippen LogP contribution in [0.1, 0.15) is 22.0 Å². The van der Waals surface area contributed by atoms with E-state index in [1.807, 2.05) is 17.0 Å². The highest BCUT2D eigenvalue weighted by molar-refractivity contribution is 7.46. The van der Waals surface area contributed by atoms with Crippen molar-refractivity contribution in [2.45, 2.75) is 26.8 Å². The number of hydrogen-bond donors (Lipinski definition) is 3.